The predicted octanol–water partition coefficient (Wildman–Crippen LogP) is 2.24. The van der Waals surface area contributed by atoms with Gasteiger partial charge in [-0.2, -0.15) is 0 Å². The minimum absolute atomic E-state index is 0.309. The van der Waals surface area contributed by atoms with Crippen molar-refractivity contribution in [1.82, 2.24) is 0 Å². The van der Waals surface area contributed by atoms with Crippen LogP contribution in [-0.4, -0.2) is 24.8 Å². The lowest BCUT2D eigenvalue weighted by Crippen LogP contribution is -1.99. The molecule has 1 aromatic rings. The van der Waals surface area contributed by atoms with Gasteiger partial charge in [0.2, 0.25) is 0 Å². The number of benzene rings is 1. The van der Waals surface area contributed by atoms with Gasteiger partial charge in [-0.05, 0) is 30.2 Å². The summed E-state index contributed by atoms with van der Waals surface area (Å²) in [5.74, 6) is -0.170. The Morgan fingerprint density at radius 2 is 2.24 bits per heavy atom. The molecule has 1 aromatic carbocycles. The second kappa shape index (κ2) is 6.70. The third kappa shape index (κ3) is 5.17. The van der Waals surface area contributed by atoms with Crippen LogP contribution in [-0.2, 0) is 16.1 Å². The van der Waals surface area contributed by atoms with Crippen LogP contribution in [0.15, 0.2) is 35.9 Å². The summed E-state index contributed by atoms with van der Waals surface area (Å²) >= 11 is 0. The fraction of sp³-hybridized carbons (Fsp3) is 0.308. The standard InChI is InChI=1S/C13H16O4/c1-10(6-13(14)15)8-17-9-11-4-3-5-12(7-11)16-2/h3-7H,8-9H2,1-2H3,(H,14,15). The van der Waals surface area contributed by atoms with E-state index >= 15 is 0 Å². The molecule has 0 radical (unpaired) electrons. The number of carbonyl (C=O) groups is 1. The average Bonchev–Trinajstić information content (AvgIpc) is 2.28. The second-order valence-corrected chi connectivity index (χ2v) is 3.67. The number of hydrogen-bond acceptors (Lipinski definition) is 3. The predicted molar refractivity (Wildman–Crippen MR) is 64.0 cm³/mol. The zero-order valence-corrected chi connectivity index (χ0v) is 9.97. The quantitative estimate of drug-likeness (QED) is 0.769. The molecule has 92 valence electrons. The molecule has 0 unspecified atom stereocenters. The number of carboxylic acids is 1. The molecule has 0 atom stereocenters. The minimum atomic E-state index is -0.951. The van der Waals surface area contributed by atoms with Crippen molar-refractivity contribution in [2.75, 3.05) is 13.7 Å². The van der Waals surface area contributed by atoms with Crippen molar-refractivity contribution in [1.29, 1.82) is 0 Å². The summed E-state index contributed by atoms with van der Waals surface area (Å²) in [6.07, 6.45) is 1.14. The largest absolute Gasteiger partial charge is 0.497 e. The SMILES string of the molecule is COc1cccc(COCC(C)=CC(=O)O)c1. The molecule has 17 heavy (non-hydrogen) atoms. The first-order chi connectivity index (χ1) is 8.11. The first-order valence-electron chi connectivity index (χ1n) is 5.22. The highest BCUT2D eigenvalue weighted by Gasteiger charge is 1.98. The van der Waals surface area contributed by atoms with Gasteiger partial charge in [-0.15, -0.1) is 0 Å². The summed E-state index contributed by atoms with van der Waals surface area (Å²) in [6.45, 7) is 2.46. The molecular formula is C13H16O4. The van der Waals surface area contributed by atoms with Crippen LogP contribution < -0.4 is 4.74 Å². The van der Waals surface area contributed by atoms with Crippen molar-refractivity contribution in [2.24, 2.45) is 0 Å². The molecule has 0 aliphatic carbocycles. The van der Waals surface area contributed by atoms with Gasteiger partial charge in [0.1, 0.15) is 5.75 Å². The maximum absolute atomic E-state index is 10.4. The van der Waals surface area contributed by atoms with Gasteiger partial charge in [-0.1, -0.05) is 12.1 Å². The van der Waals surface area contributed by atoms with Gasteiger partial charge in [0.05, 0.1) is 20.3 Å². The first kappa shape index (κ1) is 13.3. The van der Waals surface area contributed by atoms with E-state index in [4.69, 9.17) is 14.6 Å². The zero-order valence-electron chi connectivity index (χ0n) is 9.97. The third-order valence-corrected chi connectivity index (χ3v) is 2.10. The van der Waals surface area contributed by atoms with Gasteiger partial charge in [-0.25, -0.2) is 4.79 Å². The van der Waals surface area contributed by atoms with Crippen molar-refractivity contribution in [3.63, 3.8) is 0 Å². The Hall–Kier alpha value is -1.81. The van der Waals surface area contributed by atoms with E-state index in [1.165, 1.54) is 0 Å². The molecule has 0 saturated heterocycles. The van der Waals surface area contributed by atoms with Gasteiger partial charge in [0, 0.05) is 6.08 Å². The Morgan fingerprint density at radius 1 is 1.47 bits per heavy atom. The minimum Gasteiger partial charge on any atom is -0.497 e. The average molecular weight is 236 g/mol. The number of methoxy groups -OCH3 is 1. The second-order valence-electron chi connectivity index (χ2n) is 3.67. The van der Waals surface area contributed by atoms with E-state index in [-0.39, 0.29) is 0 Å². The smallest absolute Gasteiger partial charge is 0.328 e. The summed E-state index contributed by atoms with van der Waals surface area (Å²) in [5.41, 5.74) is 1.67. The summed E-state index contributed by atoms with van der Waals surface area (Å²) < 4.78 is 10.5. The fourth-order valence-corrected chi connectivity index (χ4v) is 1.34. The zero-order chi connectivity index (χ0) is 12.7. The van der Waals surface area contributed by atoms with Crippen LogP contribution in [0.2, 0.25) is 0 Å². The molecule has 0 bridgehead atoms. The summed E-state index contributed by atoms with van der Waals surface area (Å²) in [4.78, 5) is 10.4. The Morgan fingerprint density at radius 3 is 2.88 bits per heavy atom. The van der Waals surface area contributed by atoms with Crippen LogP contribution in [0.4, 0.5) is 0 Å². The number of rotatable bonds is 6. The number of aliphatic carboxylic acids is 1. The Kier molecular flexibility index (Phi) is 5.23. The maximum Gasteiger partial charge on any atom is 0.328 e. The molecular weight excluding hydrogens is 220 g/mol. The van der Waals surface area contributed by atoms with Crippen molar-refractivity contribution < 1.29 is 19.4 Å². The lowest BCUT2D eigenvalue weighted by molar-refractivity contribution is -0.131. The normalized spacial score (nSPS) is 11.3. The van der Waals surface area contributed by atoms with E-state index in [1.54, 1.807) is 14.0 Å². The Balaban J connectivity index is 2.43. The Bertz CT molecular complexity index is 410. The molecule has 0 aromatic heterocycles. The lowest BCUT2D eigenvalue weighted by Gasteiger charge is -2.06. The topological polar surface area (TPSA) is 55.8 Å². The van der Waals surface area contributed by atoms with Gasteiger partial charge in [0.25, 0.3) is 0 Å². The lowest BCUT2D eigenvalue weighted by atomic mass is 10.2. The number of ether oxygens (including phenoxy) is 2. The highest BCUT2D eigenvalue weighted by molar-refractivity contribution is 5.80. The molecule has 1 rings (SSSR count). The molecule has 0 aliphatic rings. The molecule has 1 N–H and O–H groups in total. The molecule has 0 heterocycles. The molecule has 4 nitrogen and oxygen atoms in total. The molecule has 0 fully saturated rings. The highest BCUT2D eigenvalue weighted by atomic mass is 16.5. The molecule has 0 amide bonds. The van der Waals surface area contributed by atoms with Gasteiger partial charge < -0.3 is 14.6 Å². The van der Waals surface area contributed by atoms with Crippen LogP contribution in [0.25, 0.3) is 0 Å². The summed E-state index contributed by atoms with van der Waals surface area (Å²) in [6, 6.07) is 7.56. The first-order valence-corrected chi connectivity index (χ1v) is 5.22. The van der Waals surface area contributed by atoms with Crippen molar-refractivity contribution in [3.05, 3.63) is 41.5 Å². The third-order valence-electron chi connectivity index (χ3n) is 2.10. The van der Waals surface area contributed by atoms with E-state index in [1.807, 2.05) is 24.3 Å². The van der Waals surface area contributed by atoms with Gasteiger partial charge in [-0.3, -0.25) is 0 Å². The highest BCUT2D eigenvalue weighted by Crippen LogP contribution is 2.13. The number of carboxylic acid groups (broad SMARTS) is 1. The van der Waals surface area contributed by atoms with Crippen molar-refractivity contribution in [2.45, 2.75) is 13.5 Å². The van der Waals surface area contributed by atoms with Gasteiger partial charge >= 0.3 is 5.97 Å². The summed E-state index contributed by atoms with van der Waals surface area (Å²) in [5, 5.41) is 8.52. The van der Waals surface area contributed by atoms with Crippen molar-refractivity contribution >= 4 is 5.97 Å². The van der Waals surface area contributed by atoms with E-state index in [0.717, 1.165) is 17.4 Å². The van der Waals surface area contributed by atoms with Gasteiger partial charge in [0.15, 0.2) is 0 Å². The number of hydrogen-bond donors (Lipinski definition) is 1. The van der Waals surface area contributed by atoms with Crippen LogP contribution in [0.3, 0.4) is 0 Å². The van der Waals surface area contributed by atoms with Crippen LogP contribution >= 0.6 is 0 Å². The maximum atomic E-state index is 10.4. The molecule has 0 saturated carbocycles. The van der Waals surface area contributed by atoms with E-state index in [2.05, 4.69) is 0 Å². The fourth-order valence-electron chi connectivity index (χ4n) is 1.34. The van der Waals surface area contributed by atoms with Crippen molar-refractivity contribution in [3.8, 4) is 5.75 Å². The van der Waals surface area contributed by atoms with E-state index < -0.39 is 5.97 Å². The van der Waals surface area contributed by atoms with E-state index in [0.29, 0.717) is 18.8 Å². The van der Waals surface area contributed by atoms with Crippen LogP contribution in [0.5, 0.6) is 5.75 Å². The molecule has 0 spiro atoms. The van der Waals surface area contributed by atoms with E-state index in [9.17, 15) is 4.79 Å². The summed E-state index contributed by atoms with van der Waals surface area (Å²) in [7, 11) is 1.61. The molecule has 4 heteroatoms. The Labute approximate surface area is 100 Å². The van der Waals surface area contributed by atoms with Crippen LogP contribution in [0, 0.1) is 0 Å². The van der Waals surface area contributed by atoms with Crippen LogP contribution in [0.1, 0.15) is 12.5 Å². The monoisotopic (exact) mass is 236 g/mol. The molecule has 0 aliphatic heterocycles.